The molecule has 6 atom stereocenters. The summed E-state index contributed by atoms with van der Waals surface area (Å²) in [5.41, 5.74) is -1.64. The van der Waals surface area contributed by atoms with Gasteiger partial charge in [-0.2, -0.15) is 0 Å². The lowest BCUT2D eigenvalue weighted by molar-refractivity contribution is -0.146. The molecule has 50 heavy (non-hydrogen) atoms. The van der Waals surface area contributed by atoms with E-state index in [4.69, 9.17) is 0 Å². The van der Waals surface area contributed by atoms with Crippen LogP contribution in [0, 0.1) is 22.7 Å². The summed E-state index contributed by atoms with van der Waals surface area (Å²) in [6.45, 7) is 12.1. The van der Waals surface area contributed by atoms with E-state index < -0.39 is 67.8 Å². The highest BCUT2D eigenvalue weighted by Crippen LogP contribution is 2.65. The first kappa shape index (κ1) is 38.3. The van der Waals surface area contributed by atoms with Crippen molar-refractivity contribution >= 4 is 39.4 Å². The number of ketones is 1. The molecule has 4 N–H and O–H groups in total. The molecule has 2 saturated heterocycles. The van der Waals surface area contributed by atoms with Gasteiger partial charge in [-0.1, -0.05) is 78.7 Å². The summed E-state index contributed by atoms with van der Waals surface area (Å²) >= 11 is 0. The number of Topliss-reactive ketones (excluding diaryl/α,β-unsaturated/α-hetero) is 1. The fourth-order valence-corrected chi connectivity index (χ4v) is 12.3. The summed E-state index contributed by atoms with van der Waals surface area (Å²) in [5.74, 6) is -2.27. The fourth-order valence-electron chi connectivity index (χ4n) is 9.90. The van der Waals surface area contributed by atoms with Gasteiger partial charge in [0.1, 0.15) is 12.1 Å². The number of hydrogen-bond acceptors (Lipinski definition) is 7. The summed E-state index contributed by atoms with van der Waals surface area (Å²) in [6, 6.07) is -3.37. The zero-order valence-electron chi connectivity index (χ0n) is 30.5. The molecule has 0 spiro atoms. The van der Waals surface area contributed by atoms with E-state index in [-0.39, 0.29) is 41.9 Å². The number of carbonyl (C=O) groups is 5. The minimum absolute atomic E-state index is 0.0742. The van der Waals surface area contributed by atoms with Crippen molar-refractivity contribution in [3.63, 3.8) is 0 Å². The highest BCUT2D eigenvalue weighted by atomic mass is 32.2. The van der Waals surface area contributed by atoms with Gasteiger partial charge in [0.25, 0.3) is 5.91 Å². The van der Waals surface area contributed by atoms with Gasteiger partial charge in [-0.15, -0.1) is 6.58 Å². The van der Waals surface area contributed by atoms with Gasteiger partial charge in [0.2, 0.25) is 17.6 Å². The maximum Gasteiger partial charge on any atom is 0.315 e. The number of rotatable bonds is 13. The van der Waals surface area contributed by atoms with Crippen molar-refractivity contribution < 1.29 is 32.4 Å². The van der Waals surface area contributed by atoms with Crippen molar-refractivity contribution in [3.05, 3.63) is 12.7 Å². The van der Waals surface area contributed by atoms with Crippen LogP contribution in [-0.2, 0) is 29.0 Å². The van der Waals surface area contributed by atoms with E-state index in [1.54, 1.807) is 4.90 Å². The number of fused-ring (bicyclic) bond motifs is 1. The van der Waals surface area contributed by atoms with E-state index in [0.717, 1.165) is 51.4 Å². The van der Waals surface area contributed by atoms with Crippen LogP contribution >= 0.6 is 0 Å². The van der Waals surface area contributed by atoms with Crippen LogP contribution in [0.5, 0.6) is 0 Å². The Labute approximate surface area is 298 Å². The Morgan fingerprint density at radius 1 is 0.920 bits per heavy atom. The molecule has 3 saturated carbocycles. The van der Waals surface area contributed by atoms with Crippen molar-refractivity contribution in [2.75, 3.05) is 18.8 Å². The quantitative estimate of drug-likeness (QED) is 0.167. The van der Waals surface area contributed by atoms with Crippen LogP contribution in [0.25, 0.3) is 0 Å². The van der Waals surface area contributed by atoms with E-state index in [1.807, 2.05) is 13.8 Å². The number of urea groups is 1. The van der Waals surface area contributed by atoms with E-state index in [1.165, 1.54) is 6.08 Å². The Balaban J connectivity index is 1.40. The molecule has 0 bridgehead atoms. The Kier molecular flexibility index (Phi) is 11.4. The van der Waals surface area contributed by atoms with Crippen LogP contribution in [0.4, 0.5) is 4.79 Å². The third-order valence-corrected chi connectivity index (χ3v) is 15.3. The van der Waals surface area contributed by atoms with Crippen molar-refractivity contribution in [3.8, 4) is 0 Å². The molecule has 3 aliphatic carbocycles. The third-order valence-electron chi connectivity index (χ3n) is 12.9. The smallest absolute Gasteiger partial charge is 0.315 e. The molecule has 0 radical (unpaired) electrons. The second-order valence-corrected chi connectivity index (χ2v) is 18.9. The SMILES string of the molecule is C=CCNC(=O)C(=O)[C@@H](CCC)NC(=O)[C@@H]1[C@@H]2[C@H](CN1C(=O)[C@@H](NC(=O)NC1(C3CCCS3(=O)=O)CCCCC1)C1(C)CCCCC1)C2(C)C. The molecule has 1 unspecified atom stereocenters. The summed E-state index contributed by atoms with van der Waals surface area (Å²) in [4.78, 5) is 70.3. The molecule has 0 aromatic carbocycles. The summed E-state index contributed by atoms with van der Waals surface area (Å²) in [6.07, 6.45) is 11.5. The first-order chi connectivity index (χ1) is 23.6. The van der Waals surface area contributed by atoms with E-state index in [2.05, 4.69) is 41.7 Å². The van der Waals surface area contributed by atoms with E-state index >= 15 is 0 Å². The van der Waals surface area contributed by atoms with Crippen LogP contribution in [0.15, 0.2) is 12.7 Å². The lowest BCUT2D eigenvalue weighted by atomic mass is 9.70. The zero-order chi connectivity index (χ0) is 36.5. The standard InChI is InChI=1S/C37H59N5O7S/c1-6-15-25(29(43)32(45)38-21-7-2)39-31(44)28-27-24(35(27,3)4)23-42(28)33(46)30(36(5)17-10-8-11-18-36)40-34(47)41-37(19-12-9-13-20-37)26-16-14-22-50(26,48)49/h7,24-28,30H,2,6,8-23H2,1,3-5H3,(H,38,45)(H,39,44)(H2,40,41,47)/t24-,25+,26?,27-,28-,30+/m0/s1. The van der Waals surface area contributed by atoms with Gasteiger partial charge in [0, 0.05) is 13.1 Å². The maximum atomic E-state index is 14.8. The maximum absolute atomic E-state index is 14.8. The van der Waals surface area contributed by atoms with Gasteiger partial charge in [0.15, 0.2) is 9.84 Å². The number of likely N-dealkylation sites (tertiary alicyclic amines) is 1. The molecule has 2 heterocycles. The number of sulfone groups is 1. The molecule has 0 aromatic heterocycles. The summed E-state index contributed by atoms with van der Waals surface area (Å²) in [7, 11) is -3.36. The lowest BCUT2D eigenvalue weighted by Crippen LogP contribution is -2.66. The number of nitrogens with one attached hydrogen (secondary N) is 4. The van der Waals surface area contributed by atoms with Gasteiger partial charge in [-0.05, 0) is 67.6 Å². The topological polar surface area (TPSA) is 171 Å². The molecule has 5 amide bonds. The van der Waals surface area contributed by atoms with Gasteiger partial charge >= 0.3 is 6.03 Å². The minimum Gasteiger partial charge on any atom is -0.346 e. The molecule has 2 aliphatic heterocycles. The monoisotopic (exact) mass is 717 g/mol. The van der Waals surface area contributed by atoms with Crippen molar-refractivity contribution in [2.24, 2.45) is 22.7 Å². The van der Waals surface area contributed by atoms with Crippen molar-refractivity contribution in [1.82, 2.24) is 26.2 Å². The molecule has 12 nitrogen and oxygen atoms in total. The van der Waals surface area contributed by atoms with Gasteiger partial charge in [-0.25, -0.2) is 13.2 Å². The number of amides is 5. The zero-order valence-corrected chi connectivity index (χ0v) is 31.3. The first-order valence-electron chi connectivity index (χ1n) is 19.0. The van der Waals surface area contributed by atoms with Gasteiger partial charge < -0.3 is 26.2 Å². The predicted molar refractivity (Wildman–Crippen MR) is 191 cm³/mol. The average Bonchev–Trinajstić information content (AvgIpc) is 3.38. The fraction of sp³-hybridized carbons (Fsp3) is 0.811. The molecule has 13 heteroatoms. The number of nitrogens with zero attached hydrogens (tertiary/aromatic N) is 1. The Morgan fingerprint density at radius 3 is 2.14 bits per heavy atom. The van der Waals surface area contributed by atoms with E-state index in [0.29, 0.717) is 38.6 Å². The number of piperidine rings is 1. The summed E-state index contributed by atoms with van der Waals surface area (Å²) in [5, 5.41) is 10.9. The molecule has 5 rings (SSSR count). The van der Waals surface area contributed by atoms with Crippen LogP contribution in [0.2, 0.25) is 0 Å². The van der Waals surface area contributed by atoms with Crippen molar-refractivity contribution in [1.29, 1.82) is 0 Å². The normalized spacial score (nSPS) is 29.8. The molecular formula is C37H59N5O7S. The Hall–Kier alpha value is -2.96. The Morgan fingerprint density at radius 2 is 1.56 bits per heavy atom. The second-order valence-electron chi connectivity index (χ2n) is 16.6. The van der Waals surface area contributed by atoms with Crippen LogP contribution in [-0.4, -0.2) is 90.6 Å². The molecular weight excluding hydrogens is 659 g/mol. The predicted octanol–water partition coefficient (Wildman–Crippen LogP) is 3.54. The highest BCUT2D eigenvalue weighted by molar-refractivity contribution is 7.92. The largest absolute Gasteiger partial charge is 0.346 e. The number of hydrogen-bond donors (Lipinski definition) is 4. The van der Waals surface area contributed by atoms with Crippen molar-refractivity contribution in [2.45, 2.75) is 147 Å². The molecule has 0 aromatic rings. The third kappa shape index (κ3) is 7.48. The molecule has 5 fully saturated rings. The highest BCUT2D eigenvalue weighted by Gasteiger charge is 2.70. The lowest BCUT2D eigenvalue weighted by Gasteiger charge is -2.45. The first-order valence-corrected chi connectivity index (χ1v) is 20.7. The minimum atomic E-state index is -3.36. The summed E-state index contributed by atoms with van der Waals surface area (Å²) < 4.78 is 26.3. The molecule has 280 valence electrons. The molecule has 5 aliphatic rings. The van der Waals surface area contributed by atoms with E-state index in [9.17, 15) is 32.4 Å². The van der Waals surface area contributed by atoms with Crippen LogP contribution in [0.1, 0.15) is 118 Å². The second kappa shape index (κ2) is 14.9. The van der Waals surface area contributed by atoms with Crippen LogP contribution < -0.4 is 21.3 Å². The van der Waals surface area contributed by atoms with Gasteiger partial charge in [0.05, 0.1) is 22.6 Å². The average molecular weight is 718 g/mol. The Bertz CT molecular complexity index is 1450. The van der Waals surface area contributed by atoms with Crippen LogP contribution in [0.3, 0.4) is 0 Å². The number of carbonyl (C=O) groups excluding carboxylic acids is 5. The van der Waals surface area contributed by atoms with Gasteiger partial charge in [-0.3, -0.25) is 19.2 Å².